The number of benzene rings is 1. The lowest BCUT2D eigenvalue weighted by Crippen LogP contribution is -2.26. The second kappa shape index (κ2) is 8.30. The SMILES string of the molecule is CCn1c(CCNC(=O)O)nc2cc(C(=O)NCCOC)ccc21. The van der Waals surface area contributed by atoms with Gasteiger partial charge in [-0.1, -0.05) is 0 Å². The Kier molecular flexibility index (Phi) is 6.14. The molecule has 8 heteroatoms. The van der Waals surface area contributed by atoms with Crippen molar-refractivity contribution in [3.8, 4) is 0 Å². The summed E-state index contributed by atoms with van der Waals surface area (Å²) in [5.41, 5.74) is 2.19. The van der Waals surface area contributed by atoms with Crippen molar-refractivity contribution in [1.82, 2.24) is 20.2 Å². The van der Waals surface area contributed by atoms with E-state index in [1.165, 1.54) is 0 Å². The Morgan fingerprint density at radius 3 is 2.75 bits per heavy atom. The third-order valence-electron chi connectivity index (χ3n) is 3.62. The summed E-state index contributed by atoms with van der Waals surface area (Å²) in [6.45, 7) is 3.92. The van der Waals surface area contributed by atoms with Gasteiger partial charge in [0, 0.05) is 38.7 Å². The summed E-state index contributed by atoms with van der Waals surface area (Å²) in [6.07, 6.45) is -0.561. The molecule has 0 fully saturated rings. The Hall–Kier alpha value is -2.61. The molecule has 130 valence electrons. The van der Waals surface area contributed by atoms with Crippen LogP contribution in [0, 0.1) is 0 Å². The van der Waals surface area contributed by atoms with Crippen molar-refractivity contribution in [2.75, 3.05) is 26.8 Å². The van der Waals surface area contributed by atoms with Gasteiger partial charge in [0.2, 0.25) is 0 Å². The summed E-state index contributed by atoms with van der Waals surface area (Å²) in [6, 6.07) is 5.38. The van der Waals surface area contributed by atoms with Crippen molar-refractivity contribution in [2.45, 2.75) is 19.9 Å². The normalized spacial score (nSPS) is 10.8. The molecule has 2 amide bonds. The van der Waals surface area contributed by atoms with Gasteiger partial charge in [-0.25, -0.2) is 9.78 Å². The largest absolute Gasteiger partial charge is 0.465 e. The number of aryl methyl sites for hydroxylation is 1. The Bertz CT molecular complexity index is 726. The van der Waals surface area contributed by atoms with Gasteiger partial charge in [0.05, 0.1) is 17.6 Å². The van der Waals surface area contributed by atoms with Crippen LogP contribution >= 0.6 is 0 Å². The van der Waals surface area contributed by atoms with E-state index in [0.29, 0.717) is 31.7 Å². The quantitative estimate of drug-likeness (QED) is 0.630. The number of aromatic nitrogens is 2. The molecule has 1 heterocycles. The first kappa shape index (κ1) is 17.7. The van der Waals surface area contributed by atoms with Crippen LogP contribution in [0.1, 0.15) is 23.1 Å². The maximum absolute atomic E-state index is 12.1. The minimum absolute atomic E-state index is 0.172. The number of carboxylic acid groups (broad SMARTS) is 1. The molecule has 0 saturated heterocycles. The van der Waals surface area contributed by atoms with Gasteiger partial charge in [-0.05, 0) is 25.1 Å². The topological polar surface area (TPSA) is 105 Å². The number of hydrogen-bond acceptors (Lipinski definition) is 4. The Balaban J connectivity index is 2.19. The van der Waals surface area contributed by atoms with Gasteiger partial charge >= 0.3 is 6.09 Å². The number of carbonyl (C=O) groups excluding carboxylic acids is 1. The van der Waals surface area contributed by atoms with Crippen molar-refractivity contribution < 1.29 is 19.4 Å². The number of nitrogens with zero attached hydrogens (tertiary/aromatic N) is 2. The van der Waals surface area contributed by atoms with Crippen LogP contribution in [-0.4, -0.2) is 53.5 Å². The van der Waals surface area contributed by atoms with Gasteiger partial charge in [-0.15, -0.1) is 0 Å². The van der Waals surface area contributed by atoms with Gasteiger partial charge in [-0.3, -0.25) is 4.79 Å². The van der Waals surface area contributed by atoms with Crippen LogP contribution in [0.3, 0.4) is 0 Å². The van der Waals surface area contributed by atoms with Crippen molar-refractivity contribution in [3.63, 3.8) is 0 Å². The molecule has 0 aliphatic carbocycles. The van der Waals surface area contributed by atoms with E-state index in [0.717, 1.165) is 23.4 Å². The molecule has 2 rings (SSSR count). The summed E-state index contributed by atoms with van der Waals surface area (Å²) in [4.78, 5) is 27.2. The Morgan fingerprint density at radius 2 is 2.08 bits per heavy atom. The number of hydrogen-bond donors (Lipinski definition) is 3. The number of carbonyl (C=O) groups is 2. The first-order chi connectivity index (χ1) is 11.6. The molecule has 0 aliphatic rings. The van der Waals surface area contributed by atoms with Crippen molar-refractivity contribution in [3.05, 3.63) is 29.6 Å². The van der Waals surface area contributed by atoms with Crippen LogP contribution < -0.4 is 10.6 Å². The maximum Gasteiger partial charge on any atom is 0.404 e. The number of amides is 2. The number of fused-ring (bicyclic) bond motifs is 1. The summed E-state index contributed by atoms with van der Waals surface area (Å²) in [5, 5.41) is 13.8. The van der Waals surface area contributed by atoms with Gasteiger partial charge in [0.25, 0.3) is 5.91 Å². The van der Waals surface area contributed by atoms with E-state index < -0.39 is 6.09 Å². The van der Waals surface area contributed by atoms with Crippen LogP contribution in [0.25, 0.3) is 11.0 Å². The van der Waals surface area contributed by atoms with Crippen LogP contribution in [0.4, 0.5) is 4.79 Å². The second-order valence-corrected chi connectivity index (χ2v) is 5.21. The number of methoxy groups -OCH3 is 1. The molecule has 8 nitrogen and oxygen atoms in total. The second-order valence-electron chi connectivity index (χ2n) is 5.21. The predicted octanol–water partition coefficient (Wildman–Crippen LogP) is 1.24. The highest BCUT2D eigenvalue weighted by molar-refractivity contribution is 5.97. The van der Waals surface area contributed by atoms with Crippen LogP contribution in [0.15, 0.2) is 18.2 Å². The summed E-state index contributed by atoms with van der Waals surface area (Å²) >= 11 is 0. The molecular formula is C16H22N4O4. The number of nitrogens with one attached hydrogen (secondary N) is 2. The van der Waals surface area contributed by atoms with Gasteiger partial charge in [0.1, 0.15) is 5.82 Å². The molecule has 0 spiro atoms. The molecule has 1 aromatic heterocycles. The van der Waals surface area contributed by atoms with Crippen LogP contribution in [0.2, 0.25) is 0 Å². The van der Waals surface area contributed by atoms with E-state index >= 15 is 0 Å². The first-order valence-corrected chi connectivity index (χ1v) is 7.80. The van der Waals surface area contributed by atoms with Gasteiger partial charge in [-0.2, -0.15) is 0 Å². The zero-order chi connectivity index (χ0) is 17.5. The van der Waals surface area contributed by atoms with E-state index in [-0.39, 0.29) is 5.91 Å². The minimum atomic E-state index is -1.05. The smallest absolute Gasteiger partial charge is 0.404 e. The maximum atomic E-state index is 12.1. The standard InChI is InChI=1S/C16H22N4O4/c1-3-20-13-5-4-11(15(21)17-8-9-24-2)10-12(13)19-14(20)6-7-18-16(22)23/h4-5,10,18H,3,6-9H2,1-2H3,(H,17,21)(H,22,23). The lowest BCUT2D eigenvalue weighted by molar-refractivity contribution is 0.0937. The molecular weight excluding hydrogens is 312 g/mol. The van der Waals surface area contributed by atoms with Crippen LogP contribution in [-0.2, 0) is 17.7 Å². The fraction of sp³-hybridized carbons (Fsp3) is 0.438. The Morgan fingerprint density at radius 1 is 1.29 bits per heavy atom. The highest BCUT2D eigenvalue weighted by Crippen LogP contribution is 2.18. The summed E-state index contributed by atoms with van der Waals surface area (Å²) in [7, 11) is 1.58. The van der Waals surface area contributed by atoms with Crippen molar-refractivity contribution in [1.29, 1.82) is 0 Å². The number of ether oxygens (including phenoxy) is 1. The molecule has 0 radical (unpaired) electrons. The number of rotatable bonds is 8. The molecule has 24 heavy (non-hydrogen) atoms. The molecule has 0 atom stereocenters. The average Bonchev–Trinajstić information content (AvgIpc) is 2.91. The highest BCUT2D eigenvalue weighted by atomic mass is 16.5. The fourth-order valence-corrected chi connectivity index (χ4v) is 2.51. The summed E-state index contributed by atoms with van der Waals surface area (Å²) < 4.78 is 6.93. The minimum Gasteiger partial charge on any atom is -0.465 e. The third-order valence-corrected chi connectivity index (χ3v) is 3.62. The molecule has 0 bridgehead atoms. The van der Waals surface area contributed by atoms with E-state index in [4.69, 9.17) is 9.84 Å². The van der Waals surface area contributed by atoms with E-state index in [1.54, 1.807) is 19.2 Å². The Labute approximate surface area is 139 Å². The van der Waals surface area contributed by atoms with Crippen LogP contribution in [0.5, 0.6) is 0 Å². The predicted molar refractivity (Wildman–Crippen MR) is 89.3 cm³/mol. The monoisotopic (exact) mass is 334 g/mol. The highest BCUT2D eigenvalue weighted by Gasteiger charge is 2.13. The molecule has 3 N–H and O–H groups in total. The zero-order valence-corrected chi connectivity index (χ0v) is 13.8. The molecule has 0 saturated carbocycles. The molecule has 0 unspecified atom stereocenters. The van der Waals surface area contributed by atoms with E-state index in [1.807, 2.05) is 17.6 Å². The lowest BCUT2D eigenvalue weighted by atomic mass is 10.2. The molecule has 0 aliphatic heterocycles. The van der Waals surface area contributed by atoms with E-state index in [2.05, 4.69) is 15.6 Å². The lowest BCUT2D eigenvalue weighted by Gasteiger charge is -2.06. The van der Waals surface area contributed by atoms with Crippen molar-refractivity contribution in [2.24, 2.45) is 0 Å². The van der Waals surface area contributed by atoms with E-state index in [9.17, 15) is 9.59 Å². The number of imidazole rings is 1. The van der Waals surface area contributed by atoms with Gasteiger partial charge in [0.15, 0.2) is 0 Å². The average molecular weight is 334 g/mol. The van der Waals surface area contributed by atoms with Crippen molar-refractivity contribution >= 4 is 23.0 Å². The fourth-order valence-electron chi connectivity index (χ4n) is 2.51. The van der Waals surface area contributed by atoms with Gasteiger partial charge < -0.3 is 25.0 Å². The molecule has 1 aromatic carbocycles. The third kappa shape index (κ3) is 4.23. The zero-order valence-electron chi connectivity index (χ0n) is 13.8. The first-order valence-electron chi connectivity index (χ1n) is 7.80. The molecule has 2 aromatic rings. The summed E-state index contributed by atoms with van der Waals surface area (Å²) in [5.74, 6) is 0.618.